The average Bonchev–Trinajstić information content (AvgIpc) is 2.28. The Balaban J connectivity index is 2.69. The number of hydrogen-bond donors (Lipinski definition) is 2. The van der Waals surface area contributed by atoms with Gasteiger partial charge in [0.15, 0.2) is 0 Å². The van der Waals surface area contributed by atoms with Gasteiger partial charge in [-0.25, -0.2) is 4.79 Å². The van der Waals surface area contributed by atoms with Gasteiger partial charge in [-0.2, -0.15) is 0 Å². The van der Waals surface area contributed by atoms with Gasteiger partial charge in [0.2, 0.25) is 0 Å². The quantitative estimate of drug-likeness (QED) is 0.594. The Hall–Kier alpha value is -1.75. The minimum atomic E-state index is -1.03. The molecule has 5 nitrogen and oxygen atoms in total. The molecule has 1 aromatic carbocycles. The van der Waals surface area contributed by atoms with Crippen LogP contribution in [-0.4, -0.2) is 43.2 Å². The molecule has 1 rings (SSSR count). The number of nitrogens with two attached hydrogens (primary N) is 1. The molecule has 100 valence electrons. The summed E-state index contributed by atoms with van der Waals surface area (Å²) in [6.45, 7) is 3.26. The van der Waals surface area contributed by atoms with Crippen molar-refractivity contribution >= 4 is 11.7 Å². The molecule has 0 heterocycles. The Morgan fingerprint density at radius 3 is 2.67 bits per heavy atom. The molecule has 0 aliphatic rings. The van der Waals surface area contributed by atoms with Crippen LogP contribution in [0.5, 0.6) is 5.75 Å². The highest BCUT2D eigenvalue weighted by Gasteiger charge is 2.12. The Bertz CT molecular complexity index is 430. The van der Waals surface area contributed by atoms with Gasteiger partial charge in [0, 0.05) is 12.2 Å². The first kappa shape index (κ1) is 14.3. The minimum Gasteiger partial charge on any atom is -0.494 e. The Kier molecular flexibility index (Phi) is 4.97. The summed E-state index contributed by atoms with van der Waals surface area (Å²) >= 11 is 0. The van der Waals surface area contributed by atoms with Crippen molar-refractivity contribution in [2.45, 2.75) is 13.3 Å². The number of ether oxygens (including phenoxy) is 1. The van der Waals surface area contributed by atoms with Crippen LogP contribution < -0.4 is 10.5 Å². The van der Waals surface area contributed by atoms with Gasteiger partial charge in [0.25, 0.3) is 0 Å². The van der Waals surface area contributed by atoms with E-state index in [4.69, 9.17) is 15.6 Å². The van der Waals surface area contributed by atoms with Crippen molar-refractivity contribution in [1.82, 2.24) is 4.90 Å². The Morgan fingerprint density at radius 2 is 2.11 bits per heavy atom. The zero-order valence-electron chi connectivity index (χ0n) is 11.1. The van der Waals surface area contributed by atoms with Gasteiger partial charge < -0.3 is 20.5 Å². The molecule has 0 aliphatic heterocycles. The third-order valence-electron chi connectivity index (χ3n) is 2.61. The minimum absolute atomic E-state index is 0.0950. The van der Waals surface area contributed by atoms with E-state index in [-0.39, 0.29) is 5.56 Å². The lowest BCUT2D eigenvalue weighted by molar-refractivity contribution is 0.0697. The van der Waals surface area contributed by atoms with Crippen LogP contribution in [0.25, 0.3) is 0 Å². The molecule has 1 aromatic rings. The number of aryl methyl sites for hydroxylation is 1. The van der Waals surface area contributed by atoms with E-state index < -0.39 is 5.97 Å². The number of hydrogen-bond acceptors (Lipinski definition) is 4. The number of nitrogen functional groups attached to an aromatic ring is 1. The highest BCUT2D eigenvalue weighted by atomic mass is 16.5. The van der Waals surface area contributed by atoms with Gasteiger partial charge in [0.1, 0.15) is 5.75 Å². The summed E-state index contributed by atoms with van der Waals surface area (Å²) in [5, 5.41) is 9.02. The van der Waals surface area contributed by atoms with Gasteiger partial charge in [0.05, 0.1) is 12.2 Å². The van der Waals surface area contributed by atoms with Crippen LogP contribution in [0.1, 0.15) is 22.3 Å². The van der Waals surface area contributed by atoms with E-state index >= 15 is 0 Å². The lowest BCUT2D eigenvalue weighted by Crippen LogP contribution is -2.15. The fourth-order valence-corrected chi connectivity index (χ4v) is 1.60. The lowest BCUT2D eigenvalue weighted by Gasteiger charge is -2.12. The summed E-state index contributed by atoms with van der Waals surface area (Å²) in [6.07, 6.45) is 0.888. The number of aromatic carboxylic acids is 1. The maximum absolute atomic E-state index is 11.0. The van der Waals surface area contributed by atoms with Crippen molar-refractivity contribution in [3.8, 4) is 5.75 Å². The van der Waals surface area contributed by atoms with Crippen LogP contribution in [0.4, 0.5) is 5.69 Å². The van der Waals surface area contributed by atoms with Crippen LogP contribution in [0.15, 0.2) is 12.1 Å². The van der Waals surface area contributed by atoms with Crippen molar-refractivity contribution < 1.29 is 14.6 Å². The van der Waals surface area contributed by atoms with E-state index in [1.54, 1.807) is 13.0 Å². The number of carboxylic acid groups (broad SMARTS) is 1. The second-order valence-electron chi connectivity index (χ2n) is 4.51. The summed E-state index contributed by atoms with van der Waals surface area (Å²) in [4.78, 5) is 13.1. The standard InChI is InChI=1S/C13H20N2O3/c1-9-7-10(18-6-4-5-15(2)3)8-11(12(9)14)13(16)17/h7-8H,4-6,14H2,1-3H3,(H,16,17). The topological polar surface area (TPSA) is 75.8 Å². The number of benzene rings is 1. The number of nitrogens with zero attached hydrogens (tertiary/aromatic N) is 1. The molecular weight excluding hydrogens is 232 g/mol. The van der Waals surface area contributed by atoms with E-state index in [9.17, 15) is 4.79 Å². The molecular formula is C13H20N2O3. The normalized spacial score (nSPS) is 10.7. The van der Waals surface area contributed by atoms with Crippen molar-refractivity contribution in [2.75, 3.05) is 33.0 Å². The molecule has 0 aliphatic carbocycles. The maximum Gasteiger partial charge on any atom is 0.337 e. The second kappa shape index (κ2) is 6.26. The van der Waals surface area contributed by atoms with Crippen molar-refractivity contribution in [3.63, 3.8) is 0 Å². The highest BCUT2D eigenvalue weighted by molar-refractivity contribution is 5.95. The van der Waals surface area contributed by atoms with Crippen LogP contribution in [0.2, 0.25) is 0 Å². The molecule has 3 N–H and O–H groups in total. The lowest BCUT2D eigenvalue weighted by atomic mass is 10.1. The maximum atomic E-state index is 11.0. The predicted octanol–water partition coefficient (Wildman–Crippen LogP) is 1.61. The van der Waals surface area contributed by atoms with Gasteiger partial charge >= 0.3 is 5.97 Å². The molecule has 0 spiro atoms. The van der Waals surface area contributed by atoms with Crippen molar-refractivity contribution in [1.29, 1.82) is 0 Å². The first-order chi connectivity index (χ1) is 8.41. The first-order valence-electron chi connectivity index (χ1n) is 5.82. The van der Waals surface area contributed by atoms with Crippen LogP contribution in [0, 0.1) is 6.92 Å². The van der Waals surface area contributed by atoms with Gasteiger partial charge in [-0.1, -0.05) is 0 Å². The summed E-state index contributed by atoms with van der Waals surface area (Å²) in [6, 6.07) is 3.23. The summed E-state index contributed by atoms with van der Waals surface area (Å²) in [5.41, 5.74) is 6.81. The summed E-state index contributed by atoms with van der Waals surface area (Å²) in [5.74, 6) is -0.479. The summed E-state index contributed by atoms with van der Waals surface area (Å²) in [7, 11) is 3.99. The number of rotatable bonds is 6. The largest absolute Gasteiger partial charge is 0.494 e. The fraction of sp³-hybridized carbons (Fsp3) is 0.462. The van der Waals surface area contributed by atoms with E-state index in [2.05, 4.69) is 4.90 Å². The molecule has 0 amide bonds. The van der Waals surface area contributed by atoms with E-state index in [0.717, 1.165) is 18.5 Å². The molecule has 0 unspecified atom stereocenters. The Labute approximate surface area is 107 Å². The molecule has 5 heteroatoms. The van der Waals surface area contributed by atoms with Crippen LogP contribution in [0.3, 0.4) is 0 Å². The fourth-order valence-electron chi connectivity index (χ4n) is 1.60. The third kappa shape index (κ3) is 3.92. The number of carbonyl (C=O) groups is 1. The average molecular weight is 252 g/mol. The first-order valence-corrected chi connectivity index (χ1v) is 5.82. The number of carboxylic acids is 1. The van der Waals surface area contributed by atoms with Crippen LogP contribution in [-0.2, 0) is 0 Å². The van der Waals surface area contributed by atoms with Gasteiger partial charge in [-0.3, -0.25) is 0 Å². The molecule has 0 saturated carbocycles. The van der Waals surface area contributed by atoms with E-state index in [1.165, 1.54) is 6.07 Å². The van der Waals surface area contributed by atoms with Crippen molar-refractivity contribution in [2.24, 2.45) is 0 Å². The smallest absolute Gasteiger partial charge is 0.337 e. The molecule has 18 heavy (non-hydrogen) atoms. The Morgan fingerprint density at radius 1 is 1.44 bits per heavy atom. The zero-order chi connectivity index (χ0) is 13.7. The van der Waals surface area contributed by atoms with Crippen LogP contribution >= 0.6 is 0 Å². The molecule has 0 bridgehead atoms. The highest BCUT2D eigenvalue weighted by Crippen LogP contribution is 2.24. The monoisotopic (exact) mass is 252 g/mol. The SMILES string of the molecule is Cc1cc(OCCCN(C)C)cc(C(=O)O)c1N. The predicted molar refractivity (Wildman–Crippen MR) is 71.2 cm³/mol. The molecule has 0 aromatic heterocycles. The molecule has 0 atom stereocenters. The second-order valence-corrected chi connectivity index (χ2v) is 4.51. The van der Waals surface area contributed by atoms with E-state index in [0.29, 0.717) is 18.0 Å². The number of anilines is 1. The zero-order valence-corrected chi connectivity index (χ0v) is 11.1. The molecule has 0 fully saturated rings. The molecule has 0 radical (unpaired) electrons. The molecule has 0 saturated heterocycles. The third-order valence-corrected chi connectivity index (χ3v) is 2.61. The van der Waals surface area contributed by atoms with Crippen molar-refractivity contribution in [3.05, 3.63) is 23.3 Å². The van der Waals surface area contributed by atoms with Gasteiger partial charge in [-0.15, -0.1) is 0 Å². The van der Waals surface area contributed by atoms with E-state index in [1.807, 2.05) is 14.1 Å². The van der Waals surface area contributed by atoms with Gasteiger partial charge in [-0.05, 0) is 45.1 Å². The summed E-state index contributed by atoms with van der Waals surface area (Å²) < 4.78 is 5.54.